The van der Waals surface area contributed by atoms with Crippen LogP contribution in [-0.4, -0.2) is 46.7 Å². The Morgan fingerprint density at radius 3 is 2.30 bits per heavy atom. The largest absolute Gasteiger partial charge is 0.444 e. The molecule has 2 amide bonds. The number of likely N-dealkylation sites (tertiary alicyclic amines) is 1. The predicted molar refractivity (Wildman–Crippen MR) is 142 cm³/mol. The van der Waals surface area contributed by atoms with Gasteiger partial charge in [0, 0.05) is 18.7 Å². The molecule has 0 spiro atoms. The van der Waals surface area contributed by atoms with E-state index < -0.39 is 11.7 Å². The molecule has 1 aliphatic heterocycles. The van der Waals surface area contributed by atoms with Gasteiger partial charge in [0.2, 0.25) is 0 Å². The number of benzene rings is 3. The number of nitriles is 1. The zero-order valence-electron chi connectivity index (χ0n) is 21.3. The van der Waals surface area contributed by atoms with Crippen LogP contribution in [0.1, 0.15) is 48.7 Å². The number of nitrogens with one attached hydrogen (secondary N) is 1. The number of hydrogen-bond acceptors (Lipinski definition) is 5. The van der Waals surface area contributed by atoms with Gasteiger partial charge in [0.15, 0.2) is 0 Å². The molecule has 0 saturated carbocycles. The quantitative estimate of drug-likeness (QED) is 0.509. The maximum absolute atomic E-state index is 13.4. The fourth-order valence-electron chi connectivity index (χ4n) is 4.40. The summed E-state index contributed by atoms with van der Waals surface area (Å²) in [5, 5.41) is 21.5. The fourth-order valence-corrected chi connectivity index (χ4v) is 4.40. The molecular formula is C30H31N3O4. The van der Waals surface area contributed by atoms with Crippen LogP contribution in [-0.2, 0) is 11.3 Å². The molecule has 0 aromatic heterocycles. The minimum absolute atomic E-state index is 0.0319. The second-order valence-electron chi connectivity index (χ2n) is 10.2. The molecular weight excluding hydrogens is 466 g/mol. The van der Waals surface area contributed by atoms with E-state index in [9.17, 15) is 20.0 Å². The van der Waals surface area contributed by atoms with Crippen LogP contribution in [0.25, 0.3) is 22.3 Å². The van der Waals surface area contributed by atoms with Crippen LogP contribution in [0.2, 0.25) is 0 Å². The number of rotatable bonds is 5. The third-order valence-electron chi connectivity index (χ3n) is 6.24. The number of ether oxygens (including phenoxy) is 1. The van der Waals surface area contributed by atoms with Crippen molar-refractivity contribution in [3.63, 3.8) is 0 Å². The van der Waals surface area contributed by atoms with E-state index in [2.05, 4.69) is 11.4 Å². The second-order valence-corrected chi connectivity index (χ2v) is 10.2. The lowest BCUT2D eigenvalue weighted by Crippen LogP contribution is -2.41. The molecule has 0 radical (unpaired) electrons. The Morgan fingerprint density at radius 1 is 1.03 bits per heavy atom. The van der Waals surface area contributed by atoms with E-state index in [-0.39, 0.29) is 18.6 Å². The van der Waals surface area contributed by atoms with E-state index in [4.69, 9.17) is 4.74 Å². The molecule has 3 aromatic rings. The van der Waals surface area contributed by atoms with Crippen LogP contribution in [0.4, 0.5) is 4.79 Å². The van der Waals surface area contributed by atoms with Crippen LogP contribution in [0.15, 0.2) is 66.7 Å². The topological polar surface area (TPSA) is 103 Å². The van der Waals surface area contributed by atoms with E-state index in [0.29, 0.717) is 30.6 Å². The van der Waals surface area contributed by atoms with Crippen molar-refractivity contribution in [1.82, 2.24) is 10.2 Å². The van der Waals surface area contributed by atoms with Crippen molar-refractivity contribution >= 4 is 12.0 Å². The Hall–Kier alpha value is -4.15. The van der Waals surface area contributed by atoms with Gasteiger partial charge in [-0.25, -0.2) is 4.79 Å². The van der Waals surface area contributed by atoms with Crippen molar-refractivity contribution in [1.29, 1.82) is 5.26 Å². The number of aliphatic hydroxyl groups excluding tert-OH is 1. The summed E-state index contributed by atoms with van der Waals surface area (Å²) in [5.41, 5.74) is 5.00. The number of carbonyl (C=O) groups is 2. The highest BCUT2D eigenvalue weighted by Gasteiger charge is 2.29. The predicted octanol–water partition coefficient (Wildman–Crippen LogP) is 5.12. The van der Waals surface area contributed by atoms with E-state index in [1.807, 2.05) is 75.4 Å². The number of aliphatic hydroxyl groups is 1. The normalized spacial score (nSPS) is 15.2. The van der Waals surface area contributed by atoms with Crippen molar-refractivity contribution in [2.45, 2.75) is 45.4 Å². The Labute approximate surface area is 217 Å². The zero-order chi connectivity index (χ0) is 26.6. The maximum Gasteiger partial charge on any atom is 0.407 e. The fraction of sp³-hybridized carbons (Fsp3) is 0.300. The molecule has 1 aliphatic rings. The molecule has 0 bridgehead atoms. The summed E-state index contributed by atoms with van der Waals surface area (Å²) < 4.78 is 5.34. The Morgan fingerprint density at radius 2 is 1.68 bits per heavy atom. The SMILES string of the molecule is CC(C)(C)OC(=O)N[C@H]1CCN(C(=O)c2ccc(-c3ccc(CO)cc3)c(-c3ccc(C#N)cc3)c2)C1. The third kappa shape index (κ3) is 6.35. The van der Waals surface area contributed by atoms with E-state index in [1.54, 1.807) is 17.0 Å². The van der Waals surface area contributed by atoms with Gasteiger partial charge in [-0.1, -0.05) is 42.5 Å². The van der Waals surface area contributed by atoms with Crippen molar-refractivity contribution in [3.05, 3.63) is 83.4 Å². The molecule has 37 heavy (non-hydrogen) atoms. The summed E-state index contributed by atoms with van der Waals surface area (Å²) in [4.78, 5) is 27.3. The third-order valence-corrected chi connectivity index (χ3v) is 6.24. The van der Waals surface area contributed by atoms with E-state index in [0.717, 1.165) is 27.8 Å². The zero-order valence-corrected chi connectivity index (χ0v) is 21.3. The van der Waals surface area contributed by atoms with E-state index in [1.165, 1.54) is 0 Å². The monoisotopic (exact) mass is 497 g/mol. The summed E-state index contributed by atoms with van der Waals surface area (Å²) in [6, 6.07) is 22.5. The van der Waals surface area contributed by atoms with Crippen LogP contribution in [0, 0.1) is 11.3 Å². The summed E-state index contributed by atoms with van der Waals surface area (Å²) >= 11 is 0. The van der Waals surface area contributed by atoms with Gasteiger partial charge in [0.05, 0.1) is 24.3 Å². The van der Waals surface area contributed by atoms with Gasteiger partial charge in [-0.15, -0.1) is 0 Å². The lowest BCUT2D eigenvalue weighted by molar-refractivity contribution is 0.0502. The molecule has 1 atom stereocenters. The van der Waals surface area contributed by atoms with Gasteiger partial charge in [0.25, 0.3) is 5.91 Å². The number of hydrogen-bond donors (Lipinski definition) is 2. The molecule has 1 heterocycles. The van der Waals surface area contributed by atoms with Gasteiger partial charge in [0.1, 0.15) is 5.60 Å². The molecule has 0 aliphatic carbocycles. The first-order valence-corrected chi connectivity index (χ1v) is 12.3. The molecule has 7 nitrogen and oxygen atoms in total. The Balaban J connectivity index is 1.60. The smallest absolute Gasteiger partial charge is 0.407 e. The van der Waals surface area contributed by atoms with Gasteiger partial charge in [-0.05, 0) is 79.3 Å². The standard InChI is InChI=1S/C30H31N3O4/c1-30(2,3)37-29(36)32-25-14-15-33(18-25)28(35)24-12-13-26(22-10-6-21(19-34)7-11-22)27(16-24)23-8-4-20(17-31)5-9-23/h4-13,16,25,34H,14-15,18-19H2,1-3H3,(H,32,36)/t25-/m0/s1. The average Bonchev–Trinajstić information content (AvgIpc) is 3.35. The van der Waals surface area contributed by atoms with Crippen LogP contribution in [0.5, 0.6) is 0 Å². The van der Waals surface area contributed by atoms with Crippen molar-refractivity contribution in [3.8, 4) is 28.3 Å². The molecule has 4 rings (SSSR count). The molecule has 190 valence electrons. The lowest BCUT2D eigenvalue weighted by Gasteiger charge is -2.22. The van der Waals surface area contributed by atoms with Crippen molar-refractivity contribution in [2.24, 2.45) is 0 Å². The Kier molecular flexibility index (Phi) is 7.61. The highest BCUT2D eigenvalue weighted by Crippen LogP contribution is 2.34. The van der Waals surface area contributed by atoms with Gasteiger partial charge >= 0.3 is 6.09 Å². The molecule has 2 N–H and O–H groups in total. The second kappa shape index (κ2) is 10.9. The van der Waals surface area contributed by atoms with Crippen molar-refractivity contribution < 1.29 is 19.4 Å². The Bertz CT molecular complexity index is 1320. The first-order chi connectivity index (χ1) is 17.7. The summed E-state index contributed by atoms with van der Waals surface area (Å²) in [7, 11) is 0. The summed E-state index contributed by atoms with van der Waals surface area (Å²) in [5.74, 6) is -0.106. The molecule has 1 saturated heterocycles. The van der Waals surface area contributed by atoms with Crippen LogP contribution in [0.3, 0.4) is 0 Å². The number of alkyl carbamates (subject to hydrolysis) is 1. The minimum Gasteiger partial charge on any atom is -0.444 e. The van der Waals surface area contributed by atoms with Gasteiger partial charge in [-0.2, -0.15) is 5.26 Å². The number of amides is 2. The van der Waals surface area contributed by atoms with Gasteiger partial charge in [-0.3, -0.25) is 4.79 Å². The van der Waals surface area contributed by atoms with Gasteiger partial charge < -0.3 is 20.1 Å². The number of carbonyl (C=O) groups excluding carboxylic acids is 2. The molecule has 0 unspecified atom stereocenters. The molecule has 7 heteroatoms. The van der Waals surface area contributed by atoms with Crippen molar-refractivity contribution in [2.75, 3.05) is 13.1 Å². The highest BCUT2D eigenvalue weighted by atomic mass is 16.6. The maximum atomic E-state index is 13.4. The molecule has 3 aromatic carbocycles. The number of nitrogens with zero attached hydrogens (tertiary/aromatic N) is 2. The summed E-state index contributed by atoms with van der Waals surface area (Å²) in [6.07, 6.45) is 0.175. The first kappa shape index (κ1) is 25.9. The van der Waals surface area contributed by atoms with E-state index >= 15 is 0 Å². The highest BCUT2D eigenvalue weighted by molar-refractivity contribution is 5.98. The first-order valence-electron chi connectivity index (χ1n) is 12.3. The summed E-state index contributed by atoms with van der Waals surface area (Å²) in [6.45, 7) is 6.35. The molecule has 1 fully saturated rings. The lowest BCUT2D eigenvalue weighted by atomic mass is 9.91. The minimum atomic E-state index is -0.583. The van der Waals surface area contributed by atoms with Crippen LogP contribution < -0.4 is 5.32 Å². The van der Waals surface area contributed by atoms with Crippen LogP contribution >= 0.6 is 0 Å². The average molecular weight is 498 g/mol.